The lowest BCUT2D eigenvalue weighted by molar-refractivity contribution is 0.628. The van der Waals surface area contributed by atoms with Crippen LogP contribution in [0.2, 0.25) is 0 Å². The lowest BCUT2D eigenvalue weighted by atomic mass is 10.1. The lowest BCUT2D eigenvalue weighted by Gasteiger charge is -2.16. The molecule has 0 N–H and O–H groups in total. The van der Waals surface area contributed by atoms with Crippen LogP contribution in [0, 0.1) is 5.82 Å². The van der Waals surface area contributed by atoms with E-state index in [4.69, 9.17) is 0 Å². The van der Waals surface area contributed by atoms with E-state index in [1.165, 1.54) is 12.1 Å². The highest BCUT2D eigenvalue weighted by molar-refractivity contribution is 5.59. The fraction of sp³-hybridized carbons (Fsp3) is 0.125. The summed E-state index contributed by atoms with van der Waals surface area (Å²) in [5, 5.41) is 8.40. The minimum atomic E-state index is -0.267. The first kappa shape index (κ1) is 14.1. The van der Waals surface area contributed by atoms with Crippen molar-refractivity contribution < 1.29 is 4.39 Å². The van der Waals surface area contributed by atoms with Crippen LogP contribution in [0.3, 0.4) is 0 Å². The zero-order valence-electron chi connectivity index (χ0n) is 12.0. The molecule has 3 aromatic rings. The molecule has 110 valence electrons. The Morgan fingerprint density at radius 3 is 2.45 bits per heavy atom. The van der Waals surface area contributed by atoms with Crippen molar-refractivity contribution in [1.82, 2.24) is 20.2 Å². The van der Waals surface area contributed by atoms with E-state index < -0.39 is 0 Å². The molecular formula is C16H14FN5. The predicted octanol–water partition coefficient (Wildman–Crippen LogP) is 2.71. The van der Waals surface area contributed by atoms with Crippen LogP contribution in [-0.4, -0.2) is 27.2 Å². The Hall–Kier alpha value is -2.89. The van der Waals surface area contributed by atoms with E-state index in [-0.39, 0.29) is 5.82 Å². The van der Waals surface area contributed by atoms with E-state index in [9.17, 15) is 4.39 Å². The fourth-order valence-corrected chi connectivity index (χ4v) is 2.04. The summed E-state index contributed by atoms with van der Waals surface area (Å²) in [5.41, 5.74) is 2.39. The van der Waals surface area contributed by atoms with Crippen molar-refractivity contribution >= 4 is 5.82 Å². The molecule has 22 heavy (non-hydrogen) atoms. The number of anilines is 1. The molecular weight excluding hydrogens is 281 g/mol. The molecule has 0 atom stereocenters. The molecule has 2 heterocycles. The maximum Gasteiger partial charge on any atom is 0.151 e. The first-order valence-electron chi connectivity index (χ1n) is 6.78. The zero-order chi connectivity index (χ0) is 15.4. The van der Waals surface area contributed by atoms with E-state index in [1.54, 1.807) is 30.7 Å². The quantitative estimate of drug-likeness (QED) is 0.740. The molecule has 0 amide bonds. The average Bonchev–Trinajstić information content (AvgIpc) is 2.57. The van der Waals surface area contributed by atoms with Crippen molar-refractivity contribution in [2.75, 3.05) is 11.9 Å². The number of benzene rings is 1. The summed E-state index contributed by atoms with van der Waals surface area (Å²) in [4.78, 5) is 10.2. The minimum Gasteiger partial charge on any atom is -0.352 e. The fourth-order valence-electron chi connectivity index (χ4n) is 2.04. The number of hydrogen-bond donors (Lipinski definition) is 0. The normalized spacial score (nSPS) is 10.5. The average molecular weight is 295 g/mol. The summed E-state index contributed by atoms with van der Waals surface area (Å²) in [6.45, 7) is 0.596. The van der Waals surface area contributed by atoms with Gasteiger partial charge in [-0.3, -0.25) is 9.97 Å². The first-order chi connectivity index (χ1) is 10.7. The van der Waals surface area contributed by atoms with Crippen molar-refractivity contribution in [3.8, 4) is 11.3 Å². The molecule has 0 fully saturated rings. The van der Waals surface area contributed by atoms with E-state index in [0.29, 0.717) is 12.2 Å². The van der Waals surface area contributed by atoms with Crippen molar-refractivity contribution in [1.29, 1.82) is 0 Å². The van der Waals surface area contributed by atoms with Gasteiger partial charge < -0.3 is 4.90 Å². The SMILES string of the molecule is CN(Cc1cnccn1)c1ccc(-c2ccc(F)cc2)nn1. The number of hydrogen-bond acceptors (Lipinski definition) is 5. The van der Waals surface area contributed by atoms with Gasteiger partial charge >= 0.3 is 0 Å². The lowest BCUT2D eigenvalue weighted by Crippen LogP contribution is -2.18. The minimum absolute atomic E-state index is 0.267. The van der Waals surface area contributed by atoms with Crippen molar-refractivity contribution in [2.45, 2.75) is 6.54 Å². The first-order valence-corrected chi connectivity index (χ1v) is 6.78. The van der Waals surface area contributed by atoms with Gasteiger partial charge in [-0.2, -0.15) is 0 Å². The maximum atomic E-state index is 12.9. The summed E-state index contributed by atoms with van der Waals surface area (Å²) < 4.78 is 12.9. The Labute approximate surface area is 127 Å². The molecule has 6 heteroatoms. The molecule has 0 bridgehead atoms. The Bertz CT molecular complexity index is 729. The van der Waals surface area contributed by atoms with Crippen LogP contribution in [0.25, 0.3) is 11.3 Å². The van der Waals surface area contributed by atoms with Gasteiger partial charge in [0.05, 0.1) is 24.1 Å². The van der Waals surface area contributed by atoms with Crippen molar-refractivity contribution in [3.05, 3.63) is 66.5 Å². The maximum absolute atomic E-state index is 12.9. The van der Waals surface area contributed by atoms with Gasteiger partial charge in [-0.05, 0) is 36.4 Å². The number of rotatable bonds is 4. The van der Waals surface area contributed by atoms with Gasteiger partial charge in [-0.15, -0.1) is 10.2 Å². The van der Waals surface area contributed by atoms with Crippen LogP contribution in [0.1, 0.15) is 5.69 Å². The third-order valence-corrected chi connectivity index (χ3v) is 3.20. The van der Waals surface area contributed by atoms with Crippen molar-refractivity contribution in [3.63, 3.8) is 0 Å². The van der Waals surface area contributed by atoms with Gasteiger partial charge in [-0.1, -0.05) is 0 Å². The van der Waals surface area contributed by atoms with E-state index in [0.717, 1.165) is 17.1 Å². The summed E-state index contributed by atoms with van der Waals surface area (Å²) in [5.74, 6) is 0.466. The predicted molar refractivity (Wildman–Crippen MR) is 81.6 cm³/mol. The molecule has 1 aromatic carbocycles. The zero-order valence-corrected chi connectivity index (χ0v) is 12.0. The third kappa shape index (κ3) is 3.22. The van der Waals surface area contributed by atoms with Gasteiger partial charge in [0.25, 0.3) is 0 Å². The number of halogens is 1. The van der Waals surface area contributed by atoms with Crippen LogP contribution < -0.4 is 4.90 Å². The second-order valence-electron chi connectivity index (χ2n) is 4.84. The second kappa shape index (κ2) is 6.26. The number of nitrogens with zero attached hydrogens (tertiary/aromatic N) is 5. The monoisotopic (exact) mass is 295 g/mol. The van der Waals surface area contributed by atoms with E-state index >= 15 is 0 Å². The molecule has 0 saturated heterocycles. The van der Waals surface area contributed by atoms with Crippen LogP contribution in [0.4, 0.5) is 10.2 Å². The van der Waals surface area contributed by atoms with Crippen LogP contribution >= 0.6 is 0 Å². The highest BCUT2D eigenvalue weighted by atomic mass is 19.1. The van der Waals surface area contributed by atoms with Gasteiger partial charge in [0.15, 0.2) is 5.82 Å². The Morgan fingerprint density at radius 1 is 1.00 bits per heavy atom. The number of aromatic nitrogens is 4. The van der Waals surface area contributed by atoms with Gasteiger partial charge in [-0.25, -0.2) is 4.39 Å². The highest BCUT2D eigenvalue weighted by Crippen LogP contribution is 2.18. The smallest absolute Gasteiger partial charge is 0.151 e. The Kier molecular flexibility index (Phi) is 4.00. The van der Waals surface area contributed by atoms with Gasteiger partial charge in [0.1, 0.15) is 5.82 Å². The van der Waals surface area contributed by atoms with Gasteiger partial charge in [0.2, 0.25) is 0 Å². The molecule has 0 aliphatic heterocycles. The molecule has 0 radical (unpaired) electrons. The summed E-state index contributed by atoms with van der Waals surface area (Å²) in [6.07, 6.45) is 5.02. The summed E-state index contributed by atoms with van der Waals surface area (Å²) in [6, 6.07) is 9.92. The highest BCUT2D eigenvalue weighted by Gasteiger charge is 2.07. The summed E-state index contributed by atoms with van der Waals surface area (Å²) >= 11 is 0. The van der Waals surface area contributed by atoms with Gasteiger partial charge in [0, 0.05) is 25.0 Å². The molecule has 3 rings (SSSR count). The molecule has 0 aliphatic rings. The van der Waals surface area contributed by atoms with E-state index in [2.05, 4.69) is 20.2 Å². The van der Waals surface area contributed by atoms with Crippen molar-refractivity contribution in [2.24, 2.45) is 0 Å². The molecule has 0 saturated carbocycles. The molecule has 0 unspecified atom stereocenters. The van der Waals surface area contributed by atoms with Crippen LogP contribution in [-0.2, 0) is 6.54 Å². The van der Waals surface area contributed by atoms with E-state index in [1.807, 2.05) is 24.1 Å². The molecule has 0 spiro atoms. The topological polar surface area (TPSA) is 54.8 Å². The Morgan fingerprint density at radius 2 is 1.82 bits per heavy atom. The van der Waals surface area contributed by atoms with Crippen LogP contribution in [0.5, 0.6) is 0 Å². The molecule has 2 aromatic heterocycles. The Balaban J connectivity index is 1.75. The third-order valence-electron chi connectivity index (χ3n) is 3.20. The second-order valence-corrected chi connectivity index (χ2v) is 4.84. The molecule has 5 nitrogen and oxygen atoms in total. The summed E-state index contributed by atoms with van der Waals surface area (Å²) in [7, 11) is 1.91. The molecule has 0 aliphatic carbocycles. The van der Waals surface area contributed by atoms with Crippen LogP contribution in [0.15, 0.2) is 55.0 Å². The largest absolute Gasteiger partial charge is 0.352 e. The standard InChI is InChI=1S/C16H14FN5/c1-22(11-14-10-18-8-9-19-14)16-7-6-15(20-21-16)12-2-4-13(17)5-3-12/h2-10H,11H2,1H3.